The van der Waals surface area contributed by atoms with Gasteiger partial charge in [-0.3, -0.25) is 0 Å². The van der Waals surface area contributed by atoms with E-state index in [-0.39, 0.29) is 10.8 Å². The van der Waals surface area contributed by atoms with E-state index in [0.717, 1.165) is 8.27 Å². The molecular weight excluding hydrogens is 366 g/mol. The fourth-order valence-electron chi connectivity index (χ4n) is 4.02. The molecule has 0 bridgehead atoms. The maximum atomic E-state index is 11.2. The van der Waals surface area contributed by atoms with Gasteiger partial charge in [0.15, 0.2) is 5.76 Å². The molecule has 0 amide bonds. The highest BCUT2D eigenvalue weighted by atomic mass is 32.0. The van der Waals surface area contributed by atoms with E-state index in [2.05, 4.69) is 61.5 Å². The maximum absolute atomic E-state index is 11.2. The summed E-state index contributed by atoms with van der Waals surface area (Å²) < 4.78 is 0. The van der Waals surface area contributed by atoms with Gasteiger partial charge in [-0.05, 0) is 24.3 Å². The fourth-order valence-corrected chi connectivity index (χ4v) is 12.5. The Morgan fingerprint density at radius 3 is 1.93 bits per heavy atom. The first-order chi connectivity index (χ1) is 12.5. The van der Waals surface area contributed by atoms with Crippen molar-refractivity contribution in [3.8, 4) is 0 Å². The highest BCUT2D eigenvalue weighted by molar-refractivity contribution is 8.23. The van der Waals surface area contributed by atoms with Crippen LogP contribution in [-0.4, -0.2) is 16.9 Å². The zero-order valence-electron chi connectivity index (χ0n) is 19.5. The van der Waals surface area contributed by atoms with Crippen molar-refractivity contribution in [2.75, 3.05) is 6.16 Å². The van der Waals surface area contributed by atoms with Gasteiger partial charge in [0, 0.05) is 25.4 Å². The van der Waals surface area contributed by atoms with Gasteiger partial charge in [0.25, 0.3) is 0 Å². The average Bonchev–Trinajstić information content (AvgIpc) is 2.55. The normalized spacial score (nSPS) is 22.0. The Balaban J connectivity index is 2.81. The fraction of sp³-hybridized carbons (Fsp3) is 0.833. The van der Waals surface area contributed by atoms with E-state index in [1.165, 1.54) is 68.4 Å². The summed E-state index contributed by atoms with van der Waals surface area (Å²) in [6.07, 6.45) is 14.8. The Kier molecular flexibility index (Phi) is 10.6. The molecule has 158 valence electrons. The molecule has 1 heterocycles. The van der Waals surface area contributed by atoms with Gasteiger partial charge >= 0.3 is 0 Å². The molecule has 0 aromatic rings. The molecule has 0 fully saturated rings. The Morgan fingerprint density at radius 1 is 0.889 bits per heavy atom. The van der Waals surface area contributed by atoms with E-state index in [1.807, 2.05) is 0 Å². The van der Waals surface area contributed by atoms with Gasteiger partial charge in [0.05, 0.1) is 13.3 Å². The van der Waals surface area contributed by atoms with Crippen LogP contribution in [0.1, 0.15) is 107 Å². The summed E-state index contributed by atoms with van der Waals surface area (Å²) in [7, 11) is 0.339. The van der Waals surface area contributed by atoms with Gasteiger partial charge in [0.2, 0.25) is 0 Å². The highest BCUT2D eigenvalue weighted by Gasteiger charge is 2.45. The Morgan fingerprint density at radius 2 is 1.44 bits per heavy atom. The lowest BCUT2D eigenvalue weighted by molar-refractivity contribution is 0.357. The summed E-state index contributed by atoms with van der Waals surface area (Å²) in [6.45, 7) is 18.3. The number of hydrogen-bond donors (Lipinski definition) is 1. The first-order valence-corrected chi connectivity index (χ1v) is 15.1. The van der Waals surface area contributed by atoms with E-state index in [1.54, 1.807) is 0 Å². The molecule has 0 radical (unpaired) electrons. The Labute approximate surface area is 173 Å². The summed E-state index contributed by atoms with van der Waals surface area (Å²) in [5, 5.41) is 12.7. The van der Waals surface area contributed by atoms with Gasteiger partial charge in [-0.15, -0.1) is 0 Å². The molecule has 3 heteroatoms. The smallest absolute Gasteiger partial charge is 0.157 e. The molecule has 1 aliphatic rings. The lowest BCUT2D eigenvalue weighted by Crippen LogP contribution is -2.24. The van der Waals surface area contributed by atoms with Gasteiger partial charge in [0.1, 0.15) is 5.31 Å². The van der Waals surface area contributed by atoms with Gasteiger partial charge < -0.3 is 5.11 Å². The van der Waals surface area contributed by atoms with Crippen LogP contribution in [0.2, 0.25) is 0 Å². The van der Waals surface area contributed by atoms with Gasteiger partial charge in [-0.1, -0.05) is 93.9 Å². The zero-order valence-corrected chi connectivity index (χ0v) is 21.5. The van der Waals surface area contributed by atoms with Crippen molar-refractivity contribution >= 4 is 15.9 Å². The van der Waals surface area contributed by atoms with Crippen LogP contribution >= 0.6 is 15.9 Å². The standard InChI is InChI=1S/C24H46OP2/c1-9-11-12-13-14-15-16-17-26-27-19(10-2)18-20(23(3,4)5)21(25)22(27)24(6,7)8/h18-19,25-26H,9-17H2,1-8H3/p+1. The minimum absolute atomic E-state index is 0.0169. The number of unbranched alkanes of at least 4 members (excludes halogenated alkanes) is 6. The predicted octanol–water partition coefficient (Wildman–Crippen LogP) is 9.13. The van der Waals surface area contributed by atoms with Gasteiger partial charge in [-0.25, -0.2) is 0 Å². The Bertz CT molecular complexity index is 505. The largest absolute Gasteiger partial charge is 0.504 e. The third kappa shape index (κ3) is 7.82. The highest BCUT2D eigenvalue weighted by Crippen LogP contribution is 2.72. The van der Waals surface area contributed by atoms with Crippen LogP contribution < -0.4 is 0 Å². The van der Waals surface area contributed by atoms with Crippen LogP contribution in [0.15, 0.2) is 22.7 Å². The zero-order chi connectivity index (χ0) is 20.7. The summed E-state index contributed by atoms with van der Waals surface area (Å²) in [5.74, 6) is 0.653. The summed E-state index contributed by atoms with van der Waals surface area (Å²) in [5.41, 5.74) is 1.96. The SMILES string of the molecule is CCCCCCCCCP[PH+]1C(C(C)(C)C)=C(O)C(C(C)(C)C)=CC1CC. The first-order valence-electron chi connectivity index (χ1n) is 11.3. The van der Waals surface area contributed by atoms with Crippen molar-refractivity contribution in [1.29, 1.82) is 0 Å². The molecule has 27 heavy (non-hydrogen) atoms. The maximum Gasteiger partial charge on any atom is 0.157 e. The monoisotopic (exact) mass is 413 g/mol. The van der Waals surface area contributed by atoms with Crippen LogP contribution in [0.3, 0.4) is 0 Å². The first kappa shape index (κ1) is 25.2. The lowest BCUT2D eigenvalue weighted by Gasteiger charge is -2.36. The summed E-state index contributed by atoms with van der Waals surface area (Å²) in [6, 6.07) is 0. The van der Waals surface area contributed by atoms with E-state index >= 15 is 0 Å². The van der Waals surface area contributed by atoms with Crippen LogP contribution in [0.25, 0.3) is 0 Å². The van der Waals surface area contributed by atoms with Crippen LogP contribution in [0.5, 0.6) is 0 Å². The molecule has 1 N–H and O–H groups in total. The number of rotatable bonds is 10. The number of aliphatic hydroxyl groups excluding tert-OH is 1. The van der Waals surface area contributed by atoms with Crippen LogP contribution in [0, 0.1) is 10.8 Å². The molecule has 1 nitrogen and oxygen atoms in total. The molecule has 3 atom stereocenters. The predicted molar refractivity (Wildman–Crippen MR) is 130 cm³/mol. The van der Waals surface area contributed by atoms with Crippen molar-refractivity contribution in [3.63, 3.8) is 0 Å². The second-order valence-corrected chi connectivity index (χ2v) is 15.9. The molecule has 3 unspecified atom stereocenters. The Hall–Kier alpha value is 0.140. The molecule has 0 aromatic carbocycles. The van der Waals surface area contributed by atoms with Gasteiger partial charge in [-0.2, -0.15) is 0 Å². The molecule has 0 aliphatic carbocycles. The summed E-state index contributed by atoms with van der Waals surface area (Å²) in [4.78, 5) is 0. The van der Waals surface area contributed by atoms with E-state index < -0.39 is 7.61 Å². The second kappa shape index (κ2) is 11.4. The molecule has 0 spiro atoms. The molecular formula is C24H47OP2+. The van der Waals surface area contributed by atoms with Crippen molar-refractivity contribution in [1.82, 2.24) is 0 Å². The average molecular weight is 414 g/mol. The van der Waals surface area contributed by atoms with E-state index in [9.17, 15) is 5.11 Å². The van der Waals surface area contributed by atoms with E-state index in [4.69, 9.17) is 0 Å². The summed E-state index contributed by atoms with van der Waals surface area (Å²) >= 11 is 0. The third-order valence-electron chi connectivity index (χ3n) is 5.59. The number of hydrogen-bond acceptors (Lipinski definition) is 1. The number of aliphatic hydroxyl groups is 1. The molecule has 0 aromatic heterocycles. The van der Waals surface area contributed by atoms with Crippen LogP contribution in [0.4, 0.5) is 0 Å². The van der Waals surface area contributed by atoms with E-state index in [0.29, 0.717) is 11.4 Å². The lowest BCUT2D eigenvalue weighted by atomic mass is 9.81. The molecule has 0 saturated heterocycles. The van der Waals surface area contributed by atoms with Crippen molar-refractivity contribution in [3.05, 3.63) is 22.7 Å². The van der Waals surface area contributed by atoms with Crippen molar-refractivity contribution < 1.29 is 5.11 Å². The van der Waals surface area contributed by atoms with Crippen molar-refractivity contribution in [2.45, 2.75) is 112 Å². The van der Waals surface area contributed by atoms with Crippen LogP contribution in [-0.2, 0) is 0 Å². The topological polar surface area (TPSA) is 20.2 Å². The molecule has 1 rings (SSSR count). The minimum Gasteiger partial charge on any atom is -0.504 e. The second-order valence-electron chi connectivity index (χ2n) is 10.3. The minimum atomic E-state index is -0.694. The third-order valence-corrected chi connectivity index (χ3v) is 13.2. The quantitative estimate of drug-likeness (QED) is 0.280. The van der Waals surface area contributed by atoms with Crippen molar-refractivity contribution in [2.24, 2.45) is 10.8 Å². The number of allylic oxidation sites excluding steroid dienone is 3. The molecule has 0 saturated carbocycles. The molecule has 1 aliphatic heterocycles.